The zero-order chi connectivity index (χ0) is 13.5. The summed E-state index contributed by atoms with van der Waals surface area (Å²) >= 11 is 0. The monoisotopic (exact) mass is 253 g/mol. The normalized spacial score (nSPS) is 9.68. The van der Waals surface area contributed by atoms with Crippen LogP contribution < -0.4 is 10.1 Å². The van der Waals surface area contributed by atoms with Crippen molar-refractivity contribution < 1.29 is 9.53 Å². The topological polar surface area (TPSA) is 38.3 Å². The first-order valence-electron chi connectivity index (χ1n) is 5.99. The van der Waals surface area contributed by atoms with E-state index in [0.717, 1.165) is 5.56 Å². The number of rotatable bonds is 5. The third kappa shape index (κ3) is 3.45. The molecule has 3 heteroatoms. The van der Waals surface area contributed by atoms with Crippen LogP contribution in [0.5, 0.6) is 5.75 Å². The summed E-state index contributed by atoms with van der Waals surface area (Å²) in [6, 6.07) is 17.0. The highest BCUT2D eigenvalue weighted by Crippen LogP contribution is 2.19. The molecule has 0 saturated carbocycles. The van der Waals surface area contributed by atoms with E-state index in [-0.39, 0.29) is 5.91 Å². The highest BCUT2D eigenvalue weighted by molar-refractivity contribution is 5.97. The fraction of sp³-hybridized carbons (Fsp3) is 0.0625. The Bertz CT molecular complexity index is 564. The first-order chi connectivity index (χ1) is 9.31. The van der Waals surface area contributed by atoms with Crippen molar-refractivity contribution in [2.75, 3.05) is 0 Å². The van der Waals surface area contributed by atoms with Crippen molar-refractivity contribution in [1.29, 1.82) is 0 Å². The molecule has 0 aromatic heterocycles. The average molecular weight is 253 g/mol. The molecule has 96 valence electrons. The van der Waals surface area contributed by atoms with Crippen LogP contribution in [0.3, 0.4) is 0 Å². The summed E-state index contributed by atoms with van der Waals surface area (Å²) < 4.78 is 5.70. The second kappa shape index (κ2) is 6.40. The van der Waals surface area contributed by atoms with Gasteiger partial charge in [0, 0.05) is 0 Å². The lowest BCUT2D eigenvalue weighted by molar-refractivity contribution is 0.0966. The van der Waals surface area contributed by atoms with Gasteiger partial charge in [0.1, 0.15) is 12.4 Å². The van der Waals surface area contributed by atoms with Gasteiger partial charge in [0.05, 0.1) is 5.56 Å². The fourth-order valence-corrected chi connectivity index (χ4v) is 1.69. The standard InChI is InChI=1S/C16H15NO2/c1-2-17-16(18)14-10-6-7-11-15(14)19-12-13-8-4-3-5-9-13/h2-11H,1,12H2,(H,17,18). The van der Waals surface area contributed by atoms with Crippen molar-refractivity contribution in [3.8, 4) is 5.75 Å². The van der Waals surface area contributed by atoms with Gasteiger partial charge in [-0.25, -0.2) is 0 Å². The molecule has 0 radical (unpaired) electrons. The molecule has 3 nitrogen and oxygen atoms in total. The van der Waals surface area contributed by atoms with E-state index in [1.165, 1.54) is 6.20 Å². The van der Waals surface area contributed by atoms with E-state index in [1.807, 2.05) is 36.4 Å². The van der Waals surface area contributed by atoms with Crippen molar-refractivity contribution in [2.24, 2.45) is 0 Å². The number of ether oxygens (including phenoxy) is 1. The molecule has 2 aromatic rings. The summed E-state index contributed by atoms with van der Waals surface area (Å²) in [7, 11) is 0. The van der Waals surface area contributed by atoms with Gasteiger partial charge >= 0.3 is 0 Å². The van der Waals surface area contributed by atoms with E-state index in [1.54, 1.807) is 18.2 Å². The number of hydrogen-bond acceptors (Lipinski definition) is 2. The average Bonchev–Trinajstić information content (AvgIpc) is 2.47. The van der Waals surface area contributed by atoms with Crippen molar-refractivity contribution in [2.45, 2.75) is 6.61 Å². The van der Waals surface area contributed by atoms with E-state index in [2.05, 4.69) is 11.9 Å². The van der Waals surface area contributed by atoms with Gasteiger partial charge in [-0.15, -0.1) is 0 Å². The Labute approximate surface area is 112 Å². The van der Waals surface area contributed by atoms with Gasteiger partial charge in [0.25, 0.3) is 5.91 Å². The van der Waals surface area contributed by atoms with E-state index >= 15 is 0 Å². The zero-order valence-corrected chi connectivity index (χ0v) is 10.5. The Kier molecular flexibility index (Phi) is 4.34. The predicted molar refractivity (Wildman–Crippen MR) is 74.9 cm³/mol. The maximum atomic E-state index is 11.8. The molecule has 0 aliphatic rings. The summed E-state index contributed by atoms with van der Waals surface area (Å²) in [4.78, 5) is 11.8. The Morgan fingerprint density at radius 3 is 2.53 bits per heavy atom. The molecule has 0 saturated heterocycles. The van der Waals surface area contributed by atoms with Gasteiger partial charge in [-0.05, 0) is 23.9 Å². The Morgan fingerprint density at radius 2 is 1.79 bits per heavy atom. The molecule has 1 N–H and O–H groups in total. The van der Waals surface area contributed by atoms with E-state index in [4.69, 9.17) is 4.74 Å². The second-order valence-corrected chi connectivity index (χ2v) is 3.95. The van der Waals surface area contributed by atoms with Crippen LogP contribution in [0.4, 0.5) is 0 Å². The maximum absolute atomic E-state index is 11.8. The Morgan fingerprint density at radius 1 is 1.11 bits per heavy atom. The molecule has 0 aliphatic heterocycles. The van der Waals surface area contributed by atoms with E-state index in [9.17, 15) is 4.79 Å². The minimum Gasteiger partial charge on any atom is -0.488 e. The van der Waals surface area contributed by atoms with Crippen LogP contribution in [0.2, 0.25) is 0 Å². The van der Waals surface area contributed by atoms with Crippen LogP contribution in [0.25, 0.3) is 0 Å². The number of carbonyl (C=O) groups excluding carboxylic acids is 1. The first kappa shape index (κ1) is 12.9. The van der Waals surface area contributed by atoms with Crippen molar-refractivity contribution >= 4 is 5.91 Å². The largest absolute Gasteiger partial charge is 0.488 e. The quantitative estimate of drug-likeness (QED) is 0.889. The Hall–Kier alpha value is -2.55. The maximum Gasteiger partial charge on any atom is 0.258 e. The highest BCUT2D eigenvalue weighted by atomic mass is 16.5. The molecule has 0 aliphatic carbocycles. The van der Waals surface area contributed by atoms with Crippen LogP contribution in [-0.4, -0.2) is 5.91 Å². The third-order valence-electron chi connectivity index (χ3n) is 2.60. The van der Waals surface area contributed by atoms with Crippen molar-refractivity contribution in [3.63, 3.8) is 0 Å². The van der Waals surface area contributed by atoms with Gasteiger partial charge in [-0.3, -0.25) is 4.79 Å². The van der Waals surface area contributed by atoms with Crippen LogP contribution in [-0.2, 0) is 6.61 Å². The van der Waals surface area contributed by atoms with Crippen LogP contribution in [0.15, 0.2) is 67.4 Å². The van der Waals surface area contributed by atoms with E-state index in [0.29, 0.717) is 17.9 Å². The number of nitrogens with one attached hydrogen (secondary N) is 1. The lowest BCUT2D eigenvalue weighted by Gasteiger charge is -2.10. The van der Waals surface area contributed by atoms with Crippen LogP contribution >= 0.6 is 0 Å². The van der Waals surface area contributed by atoms with Gasteiger partial charge in [-0.1, -0.05) is 49.0 Å². The molecule has 0 bridgehead atoms. The van der Waals surface area contributed by atoms with Crippen molar-refractivity contribution in [1.82, 2.24) is 5.32 Å². The molecule has 0 atom stereocenters. The minimum atomic E-state index is -0.223. The molecule has 1 amide bonds. The second-order valence-electron chi connectivity index (χ2n) is 3.95. The van der Waals surface area contributed by atoms with Gasteiger partial charge in [0.15, 0.2) is 0 Å². The number of para-hydroxylation sites is 1. The number of amides is 1. The molecular formula is C16H15NO2. The summed E-state index contributed by atoms with van der Waals surface area (Å²) in [5, 5.41) is 2.55. The summed E-state index contributed by atoms with van der Waals surface area (Å²) in [6.07, 6.45) is 1.36. The van der Waals surface area contributed by atoms with Gasteiger partial charge < -0.3 is 10.1 Å². The number of carbonyl (C=O) groups is 1. The lowest BCUT2D eigenvalue weighted by atomic mass is 10.2. The molecule has 2 rings (SSSR count). The highest BCUT2D eigenvalue weighted by Gasteiger charge is 2.10. The zero-order valence-electron chi connectivity index (χ0n) is 10.5. The summed E-state index contributed by atoms with van der Waals surface area (Å²) in [5.74, 6) is 0.337. The SMILES string of the molecule is C=CNC(=O)c1ccccc1OCc1ccccc1. The first-order valence-corrected chi connectivity index (χ1v) is 5.99. The lowest BCUT2D eigenvalue weighted by Crippen LogP contribution is -2.17. The number of benzene rings is 2. The summed E-state index contributed by atoms with van der Waals surface area (Å²) in [6.45, 7) is 3.91. The van der Waals surface area contributed by atoms with Crippen LogP contribution in [0.1, 0.15) is 15.9 Å². The van der Waals surface area contributed by atoms with Crippen molar-refractivity contribution in [3.05, 3.63) is 78.5 Å². The van der Waals surface area contributed by atoms with E-state index < -0.39 is 0 Å². The predicted octanol–water partition coefficient (Wildman–Crippen LogP) is 3.14. The minimum absolute atomic E-state index is 0.223. The molecule has 19 heavy (non-hydrogen) atoms. The van der Waals surface area contributed by atoms with Gasteiger partial charge in [-0.2, -0.15) is 0 Å². The Balaban J connectivity index is 2.12. The smallest absolute Gasteiger partial charge is 0.258 e. The van der Waals surface area contributed by atoms with Crippen LogP contribution in [0, 0.1) is 0 Å². The van der Waals surface area contributed by atoms with Gasteiger partial charge in [0.2, 0.25) is 0 Å². The molecule has 0 fully saturated rings. The molecule has 2 aromatic carbocycles. The third-order valence-corrected chi connectivity index (χ3v) is 2.60. The molecule has 0 spiro atoms. The molecule has 0 unspecified atom stereocenters. The fourth-order valence-electron chi connectivity index (χ4n) is 1.69. The summed E-state index contributed by atoms with van der Waals surface area (Å²) in [5.41, 5.74) is 1.56. The molecule has 0 heterocycles. The number of hydrogen-bond donors (Lipinski definition) is 1. The molecular weight excluding hydrogens is 238 g/mol.